The van der Waals surface area contributed by atoms with Gasteiger partial charge < -0.3 is 9.47 Å². The van der Waals surface area contributed by atoms with Crippen LogP contribution in [0.5, 0.6) is 5.75 Å². The number of benzene rings is 2. The second-order valence-electron chi connectivity index (χ2n) is 6.14. The summed E-state index contributed by atoms with van der Waals surface area (Å²) < 4.78 is 62.2. The summed E-state index contributed by atoms with van der Waals surface area (Å²) in [6.45, 7) is -0.927. The maximum absolute atomic E-state index is 13.0. The fraction of sp³-hybridized carbons (Fsp3) is 0.333. The first-order valence-electron chi connectivity index (χ1n) is 8.22. The molecule has 1 fully saturated rings. The molecule has 1 aliphatic rings. The molecule has 5 nitrogen and oxygen atoms in total. The van der Waals surface area contributed by atoms with Crippen LogP contribution in [0.4, 0.5) is 8.78 Å². The van der Waals surface area contributed by atoms with Crippen LogP contribution in [0.25, 0.3) is 0 Å². The molecule has 146 valence electrons. The Morgan fingerprint density at radius 3 is 2.52 bits per heavy atom. The van der Waals surface area contributed by atoms with E-state index in [1.54, 1.807) is 6.92 Å². The summed E-state index contributed by atoms with van der Waals surface area (Å²) in [6, 6.07) is 12.8. The molecule has 9 heteroatoms. The van der Waals surface area contributed by atoms with Crippen molar-refractivity contribution in [2.24, 2.45) is 0 Å². The molecule has 0 aliphatic carbocycles. The second-order valence-corrected chi connectivity index (χ2v) is 8.48. The van der Waals surface area contributed by atoms with Crippen molar-refractivity contribution in [2.75, 3.05) is 13.1 Å². The summed E-state index contributed by atoms with van der Waals surface area (Å²) in [7, 11) is -3.88. The topological polar surface area (TPSA) is 55.8 Å². The van der Waals surface area contributed by atoms with Gasteiger partial charge in [-0.05, 0) is 30.7 Å². The van der Waals surface area contributed by atoms with Crippen LogP contribution in [0.15, 0.2) is 53.4 Å². The zero-order valence-corrected chi connectivity index (χ0v) is 16.0. The highest BCUT2D eigenvalue weighted by atomic mass is 35.5. The van der Waals surface area contributed by atoms with E-state index in [0.717, 1.165) is 17.7 Å². The lowest BCUT2D eigenvalue weighted by molar-refractivity contribution is -0.0557. The van der Waals surface area contributed by atoms with Crippen molar-refractivity contribution in [3.05, 3.63) is 59.1 Å². The molecule has 1 saturated heterocycles. The molecule has 1 heterocycles. The molecule has 3 rings (SSSR count). The van der Waals surface area contributed by atoms with E-state index in [9.17, 15) is 17.2 Å². The molecule has 27 heavy (non-hydrogen) atoms. The van der Waals surface area contributed by atoms with Gasteiger partial charge in [-0.15, -0.1) is 0 Å². The van der Waals surface area contributed by atoms with Crippen molar-refractivity contribution in [2.45, 2.75) is 30.6 Å². The van der Waals surface area contributed by atoms with Gasteiger partial charge in [-0.2, -0.15) is 13.1 Å². The van der Waals surface area contributed by atoms with E-state index in [1.165, 1.54) is 10.4 Å². The Hall–Kier alpha value is -1.74. The number of ether oxygens (including phenoxy) is 2. The molecule has 2 aromatic rings. The molecular weight excluding hydrogens is 400 g/mol. The average Bonchev–Trinajstić information content (AvgIpc) is 2.63. The molecule has 2 atom stereocenters. The van der Waals surface area contributed by atoms with Crippen molar-refractivity contribution < 1.29 is 26.7 Å². The van der Waals surface area contributed by atoms with Gasteiger partial charge in [0.1, 0.15) is 5.75 Å². The van der Waals surface area contributed by atoms with Gasteiger partial charge in [-0.3, -0.25) is 0 Å². The number of hydrogen-bond donors (Lipinski definition) is 0. The third kappa shape index (κ3) is 4.57. The maximum Gasteiger partial charge on any atom is 0.387 e. The predicted molar refractivity (Wildman–Crippen MR) is 96.6 cm³/mol. The molecule has 0 spiro atoms. The normalized spacial score (nSPS) is 21.4. The molecule has 0 N–H and O–H groups in total. The van der Waals surface area contributed by atoms with E-state index in [4.69, 9.17) is 16.3 Å². The monoisotopic (exact) mass is 417 g/mol. The van der Waals surface area contributed by atoms with Crippen LogP contribution in [-0.4, -0.2) is 38.5 Å². The Kier molecular flexibility index (Phi) is 6.00. The summed E-state index contributed by atoms with van der Waals surface area (Å²) in [5.74, 6) is -0.275. The van der Waals surface area contributed by atoms with Crippen molar-refractivity contribution in [3.8, 4) is 5.75 Å². The number of morpholine rings is 1. The first-order valence-corrected chi connectivity index (χ1v) is 10.0. The summed E-state index contributed by atoms with van der Waals surface area (Å²) in [5.41, 5.74) is 0.878. The van der Waals surface area contributed by atoms with Crippen LogP contribution in [-0.2, 0) is 14.8 Å². The lowest BCUT2D eigenvalue weighted by Crippen LogP contribution is -2.45. The van der Waals surface area contributed by atoms with E-state index in [-0.39, 0.29) is 34.9 Å². The Balaban J connectivity index is 1.86. The number of sulfonamides is 1. The van der Waals surface area contributed by atoms with Gasteiger partial charge in [0.25, 0.3) is 0 Å². The van der Waals surface area contributed by atoms with E-state index < -0.39 is 22.7 Å². The number of hydrogen-bond acceptors (Lipinski definition) is 4. The van der Waals surface area contributed by atoms with Crippen LogP contribution in [0.3, 0.4) is 0 Å². The number of nitrogens with zero attached hydrogens (tertiary/aromatic N) is 1. The van der Waals surface area contributed by atoms with E-state index in [0.29, 0.717) is 0 Å². The number of rotatable bonds is 5. The van der Waals surface area contributed by atoms with Crippen LogP contribution in [0.1, 0.15) is 18.6 Å². The minimum absolute atomic E-state index is 0.0879. The first kappa shape index (κ1) is 20.0. The largest absolute Gasteiger partial charge is 0.433 e. The molecular formula is C18H18ClF2NO4S. The average molecular weight is 418 g/mol. The summed E-state index contributed by atoms with van der Waals surface area (Å²) in [5, 5.41) is -0.197. The first-order chi connectivity index (χ1) is 12.8. The zero-order valence-electron chi connectivity index (χ0n) is 14.4. The molecule has 1 aliphatic heterocycles. The Morgan fingerprint density at radius 2 is 1.89 bits per heavy atom. The molecule has 2 aromatic carbocycles. The van der Waals surface area contributed by atoms with Gasteiger partial charge in [0.05, 0.1) is 22.1 Å². The summed E-state index contributed by atoms with van der Waals surface area (Å²) >= 11 is 5.91. The molecule has 0 unspecified atom stereocenters. The lowest BCUT2D eigenvalue weighted by atomic mass is 10.1. The predicted octanol–water partition coefficient (Wildman–Crippen LogP) is 4.09. The van der Waals surface area contributed by atoms with Crippen molar-refractivity contribution in [3.63, 3.8) is 0 Å². The smallest absolute Gasteiger partial charge is 0.387 e. The van der Waals surface area contributed by atoms with E-state index in [1.807, 2.05) is 30.3 Å². The third-order valence-electron chi connectivity index (χ3n) is 4.16. The van der Waals surface area contributed by atoms with Crippen LogP contribution >= 0.6 is 11.6 Å². The fourth-order valence-electron chi connectivity index (χ4n) is 2.94. The van der Waals surface area contributed by atoms with Gasteiger partial charge >= 0.3 is 6.61 Å². The quantitative estimate of drug-likeness (QED) is 0.735. The van der Waals surface area contributed by atoms with Crippen molar-refractivity contribution in [1.29, 1.82) is 0 Å². The van der Waals surface area contributed by atoms with Crippen LogP contribution < -0.4 is 4.74 Å². The van der Waals surface area contributed by atoms with Crippen molar-refractivity contribution >= 4 is 21.6 Å². The highest BCUT2D eigenvalue weighted by Gasteiger charge is 2.34. The van der Waals surface area contributed by atoms with Gasteiger partial charge in [0.2, 0.25) is 10.0 Å². The molecule has 0 amide bonds. The summed E-state index contributed by atoms with van der Waals surface area (Å²) in [4.78, 5) is -0.0879. The SMILES string of the molecule is C[C@@H]1CN(S(=O)(=O)c2ccc(OC(F)F)c(Cl)c2)C[C@H](c2ccccc2)O1. The molecule has 0 radical (unpaired) electrons. The molecule has 0 aromatic heterocycles. The van der Waals surface area contributed by atoms with Gasteiger partial charge in [0, 0.05) is 13.1 Å². The standard InChI is InChI=1S/C18H18ClF2NO4S/c1-12-10-22(11-17(25-12)13-5-3-2-4-6-13)27(23,24)14-7-8-16(15(19)9-14)26-18(20)21/h2-9,12,17-18H,10-11H2,1H3/t12-,17-/m1/s1. The van der Waals surface area contributed by atoms with Crippen molar-refractivity contribution in [1.82, 2.24) is 4.31 Å². The van der Waals surface area contributed by atoms with Gasteiger partial charge in [0.15, 0.2) is 0 Å². The lowest BCUT2D eigenvalue weighted by Gasteiger charge is -2.36. The van der Waals surface area contributed by atoms with E-state index in [2.05, 4.69) is 4.74 Å². The number of alkyl halides is 2. The maximum atomic E-state index is 13.0. The third-order valence-corrected chi connectivity index (χ3v) is 6.28. The van der Waals surface area contributed by atoms with E-state index >= 15 is 0 Å². The van der Waals surface area contributed by atoms with Crippen LogP contribution in [0.2, 0.25) is 5.02 Å². The number of halogens is 3. The highest BCUT2D eigenvalue weighted by molar-refractivity contribution is 7.89. The molecule has 0 bridgehead atoms. The summed E-state index contributed by atoms with van der Waals surface area (Å²) in [6.07, 6.45) is -0.711. The zero-order chi connectivity index (χ0) is 19.6. The minimum Gasteiger partial charge on any atom is -0.433 e. The minimum atomic E-state index is -3.88. The Morgan fingerprint density at radius 1 is 1.19 bits per heavy atom. The fourth-order valence-corrected chi connectivity index (χ4v) is 4.78. The Bertz CT molecular complexity index is 895. The van der Waals surface area contributed by atoms with Gasteiger partial charge in [-0.25, -0.2) is 8.42 Å². The highest BCUT2D eigenvalue weighted by Crippen LogP contribution is 2.32. The second kappa shape index (κ2) is 8.10. The Labute approximate surface area is 161 Å². The molecule has 0 saturated carbocycles. The van der Waals surface area contributed by atoms with Crippen LogP contribution in [0, 0.1) is 0 Å². The van der Waals surface area contributed by atoms with Gasteiger partial charge in [-0.1, -0.05) is 41.9 Å².